The highest BCUT2D eigenvalue weighted by Crippen LogP contribution is 2.31. The van der Waals surface area contributed by atoms with E-state index in [0.29, 0.717) is 22.8 Å². The fraction of sp³-hybridized carbons (Fsp3) is 0.391. The van der Waals surface area contributed by atoms with Crippen molar-refractivity contribution in [2.24, 2.45) is 5.92 Å². The van der Waals surface area contributed by atoms with Crippen molar-refractivity contribution in [3.63, 3.8) is 0 Å². The van der Waals surface area contributed by atoms with Crippen LogP contribution in [0.4, 0.5) is 0 Å². The second-order valence-corrected chi connectivity index (χ2v) is 9.35. The molecule has 0 spiro atoms. The van der Waals surface area contributed by atoms with Crippen LogP contribution in [0.1, 0.15) is 45.8 Å². The van der Waals surface area contributed by atoms with E-state index < -0.39 is 29.6 Å². The van der Waals surface area contributed by atoms with Crippen LogP contribution in [0.3, 0.4) is 0 Å². The van der Waals surface area contributed by atoms with Crippen LogP contribution >= 0.6 is 22.9 Å². The molecular formula is C23H25ClN2O6S. The van der Waals surface area contributed by atoms with Gasteiger partial charge in [-0.05, 0) is 48.7 Å². The summed E-state index contributed by atoms with van der Waals surface area (Å²) >= 11 is 7.22. The van der Waals surface area contributed by atoms with Crippen LogP contribution in [-0.2, 0) is 20.8 Å². The lowest BCUT2D eigenvalue weighted by Crippen LogP contribution is -2.43. The fourth-order valence-corrected chi connectivity index (χ4v) is 5.04. The van der Waals surface area contributed by atoms with Crippen LogP contribution in [-0.4, -0.2) is 53.9 Å². The number of imide groups is 1. The third-order valence-electron chi connectivity index (χ3n) is 5.63. The van der Waals surface area contributed by atoms with Crippen molar-refractivity contribution in [3.05, 3.63) is 50.7 Å². The molecule has 1 aliphatic rings. The molecule has 10 heteroatoms. The van der Waals surface area contributed by atoms with Gasteiger partial charge in [-0.15, -0.1) is 11.3 Å². The molecule has 1 fully saturated rings. The maximum absolute atomic E-state index is 13.3. The number of hydrogen-bond donors (Lipinski definition) is 2. The minimum atomic E-state index is -1.02. The second kappa shape index (κ2) is 10.8. The van der Waals surface area contributed by atoms with Crippen LogP contribution in [0.15, 0.2) is 30.3 Å². The Morgan fingerprint density at radius 2 is 2.06 bits per heavy atom. The van der Waals surface area contributed by atoms with Gasteiger partial charge in [0, 0.05) is 28.8 Å². The van der Waals surface area contributed by atoms with E-state index in [4.69, 9.17) is 21.4 Å². The molecule has 3 rings (SSSR count). The molecular weight excluding hydrogens is 468 g/mol. The van der Waals surface area contributed by atoms with Crippen molar-refractivity contribution >= 4 is 46.6 Å². The van der Waals surface area contributed by atoms with E-state index in [0.717, 1.165) is 21.1 Å². The molecule has 2 N–H and O–H groups in total. The molecule has 1 aromatic carbocycles. The fourth-order valence-electron chi connectivity index (χ4n) is 3.82. The number of nitrogens with one attached hydrogen (secondary N) is 1. The van der Waals surface area contributed by atoms with Gasteiger partial charge in [-0.2, -0.15) is 0 Å². The molecule has 0 unspecified atom stereocenters. The zero-order chi connectivity index (χ0) is 24.1. The predicted octanol–water partition coefficient (Wildman–Crippen LogP) is 3.34. The standard InChI is InChI=1S/C23H25ClN2O6S/c1-3-13(18-6-7-19(33-18)23(30)31)10-21(28)26-12-20(27)25-11-15(22(26)29)8-14-9-16(24)4-5-17(14)32-2/h4-7,9,13,15H,3,8,10-12H2,1-2H3,(H,25,27)(H,30,31)/t13-,15+/m0/s1. The van der Waals surface area contributed by atoms with Gasteiger partial charge < -0.3 is 15.2 Å². The van der Waals surface area contributed by atoms with Crippen LogP contribution < -0.4 is 10.1 Å². The summed E-state index contributed by atoms with van der Waals surface area (Å²) in [6, 6.07) is 8.30. The number of ether oxygens (including phenoxy) is 1. The number of carbonyl (C=O) groups is 4. The number of amides is 3. The number of nitrogens with zero attached hydrogens (tertiary/aromatic N) is 1. The SMILES string of the molecule is CC[C@@H](CC(=O)N1CC(=O)NC[C@@H](Cc2cc(Cl)ccc2OC)C1=O)c1ccc(C(=O)O)s1. The summed E-state index contributed by atoms with van der Waals surface area (Å²) in [4.78, 5) is 51.8. The molecule has 2 atom stereocenters. The molecule has 0 saturated carbocycles. The molecule has 2 heterocycles. The zero-order valence-electron chi connectivity index (χ0n) is 18.3. The Labute approximate surface area is 200 Å². The number of aromatic carboxylic acids is 1. The summed E-state index contributed by atoms with van der Waals surface area (Å²) in [7, 11) is 1.52. The van der Waals surface area contributed by atoms with E-state index in [2.05, 4.69) is 5.32 Å². The summed E-state index contributed by atoms with van der Waals surface area (Å²) in [6.07, 6.45) is 0.835. The first-order valence-corrected chi connectivity index (χ1v) is 11.7. The molecule has 8 nitrogen and oxygen atoms in total. The number of halogens is 1. The van der Waals surface area contributed by atoms with Gasteiger partial charge in [-0.1, -0.05) is 18.5 Å². The van der Waals surface area contributed by atoms with E-state index in [1.165, 1.54) is 13.2 Å². The van der Waals surface area contributed by atoms with Gasteiger partial charge in [0.15, 0.2) is 0 Å². The first-order chi connectivity index (χ1) is 15.7. The number of benzene rings is 1. The molecule has 2 aromatic rings. The van der Waals surface area contributed by atoms with E-state index in [9.17, 15) is 19.2 Å². The summed E-state index contributed by atoms with van der Waals surface area (Å²) in [5.41, 5.74) is 0.707. The number of methoxy groups -OCH3 is 1. The Kier molecular flexibility index (Phi) is 8.10. The molecule has 33 heavy (non-hydrogen) atoms. The molecule has 176 valence electrons. The first-order valence-electron chi connectivity index (χ1n) is 10.5. The zero-order valence-corrected chi connectivity index (χ0v) is 19.9. The maximum atomic E-state index is 13.3. The van der Waals surface area contributed by atoms with Crippen molar-refractivity contribution in [2.45, 2.75) is 32.1 Å². The lowest BCUT2D eigenvalue weighted by atomic mass is 9.96. The molecule has 0 bridgehead atoms. The highest BCUT2D eigenvalue weighted by Gasteiger charge is 2.35. The molecule has 0 radical (unpaired) electrons. The normalized spacial score (nSPS) is 17.3. The van der Waals surface area contributed by atoms with Crippen LogP contribution in [0.25, 0.3) is 0 Å². The van der Waals surface area contributed by atoms with Crippen molar-refractivity contribution < 1.29 is 29.0 Å². The lowest BCUT2D eigenvalue weighted by molar-refractivity contribution is -0.148. The second-order valence-electron chi connectivity index (χ2n) is 7.80. The first kappa shape index (κ1) is 24.7. The summed E-state index contributed by atoms with van der Waals surface area (Å²) in [6.45, 7) is 1.65. The van der Waals surface area contributed by atoms with Crippen molar-refractivity contribution in [3.8, 4) is 5.75 Å². The molecule has 0 aliphatic carbocycles. The van der Waals surface area contributed by atoms with Gasteiger partial charge in [0.05, 0.1) is 13.0 Å². The number of carboxylic acid groups (broad SMARTS) is 1. The van der Waals surface area contributed by atoms with Gasteiger partial charge in [0.1, 0.15) is 17.2 Å². The van der Waals surface area contributed by atoms with E-state index in [-0.39, 0.29) is 36.7 Å². The van der Waals surface area contributed by atoms with E-state index in [1.807, 2.05) is 6.92 Å². The number of rotatable bonds is 8. The van der Waals surface area contributed by atoms with Crippen LogP contribution in [0, 0.1) is 5.92 Å². The largest absolute Gasteiger partial charge is 0.496 e. The monoisotopic (exact) mass is 492 g/mol. The van der Waals surface area contributed by atoms with Gasteiger partial charge >= 0.3 is 5.97 Å². The van der Waals surface area contributed by atoms with E-state index in [1.54, 1.807) is 24.3 Å². The Morgan fingerprint density at radius 3 is 2.70 bits per heavy atom. The Hall–Kier alpha value is -2.91. The topological polar surface area (TPSA) is 113 Å². The lowest BCUT2D eigenvalue weighted by Gasteiger charge is -2.24. The van der Waals surface area contributed by atoms with Gasteiger partial charge in [-0.3, -0.25) is 19.3 Å². The van der Waals surface area contributed by atoms with E-state index >= 15 is 0 Å². The molecule has 1 saturated heterocycles. The molecule has 1 aromatic heterocycles. The van der Waals surface area contributed by atoms with Gasteiger partial charge in [-0.25, -0.2) is 4.79 Å². The summed E-state index contributed by atoms with van der Waals surface area (Å²) in [5.74, 6) is -2.67. The minimum absolute atomic E-state index is 0.00228. The smallest absolute Gasteiger partial charge is 0.345 e. The van der Waals surface area contributed by atoms with Gasteiger partial charge in [0.2, 0.25) is 17.7 Å². The van der Waals surface area contributed by atoms with Crippen LogP contribution in [0.2, 0.25) is 5.02 Å². The number of hydrogen-bond acceptors (Lipinski definition) is 6. The number of carboxylic acids is 1. The number of thiophene rings is 1. The average molecular weight is 493 g/mol. The van der Waals surface area contributed by atoms with Gasteiger partial charge in [0.25, 0.3) is 0 Å². The average Bonchev–Trinajstić information content (AvgIpc) is 3.23. The summed E-state index contributed by atoms with van der Waals surface area (Å²) < 4.78 is 5.36. The Balaban J connectivity index is 1.79. The number of carbonyl (C=O) groups excluding carboxylic acids is 3. The summed E-state index contributed by atoms with van der Waals surface area (Å²) in [5, 5.41) is 12.4. The van der Waals surface area contributed by atoms with Crippen LogP contribution in [0.5, 0.6) is 5.75 Å². The predicted molar refractivity (Wildman–Crippen MR) is 124 cm³/mol. The third-order valence-corrected chi connectivity index (χ3v) is 7.10. The quantitative estimate of drug-likeness (QED) is 0.584. The highest BCUT2D eigenvalue weighted by atomic mass is 35.5. The van der Waals surface area contributed by atoms with Crippen molar-refractivity contribution in [1.29, 1.82) is 0 Å². The van der Waals surface area contributed by atoms with Crippen molar-refractivity contribution in [1.82, 2.24) is 10.2 Å². The Morgan fingerprint density at radius 1 is 1.30 bits per heavy atom. The highest BCUT2D eigenvalue weighted by molar-refractivity contribution is 7.14. The minimum Gasteiger partial charge on any atom is -0.496 e. The maximum Gasteiger partial charge on any atom is 0.345 e. The Bertz CT molecular complexity index is 1070. The third kappa shape index (κ3) is 5.91. The molecule has 1 aliphatic heterocycles. The van der Waals surface area contributed by atoms with Crippen molar-refractivity contribution in [2.75, 3.05) is 20.2 Å². The molecule has 3 amide bonds.